The summed E-state index contributed by atoms with van der Waals surface area (Å²) in [5, 5.41) is 3.02. The van der Waals surface area contributed by atoms with E-state index < -0.39 is 22.5 Å². The SMILES string of the molecule is CSc1ccccc1NC(=O)CN(c1cccc(Cl)c1Cl)S(=O)(=O)c1ccccc1. The number of rotatable bonds is 7. The molecule has 0 atom stereocenters. The van der Waals surface area contributed by atoms with Crippen LogP contribution in [0.1, 0.15) is 0 Å². The third-order valence-corrected chi connectivity index (χ3v) is 7.58. The number of halogens is 2. The molecule has 0 bridgehead atoms. The van der Waals surface area contributed by atoms with Gasteiger partial charge in [-0.05, 0) is 42.7 Å². The molecule has 3 aromatic rings. The predicted octanol–water partition coefficient (Wildman–Crippen LogP) is 5.55. The molecular weight excluding hydrogens is 463 g/mol. The Labute approximate surface area is 190 Å². The van der Waals surface area contributed by atoms with E-state index in [4.69, 9.17) is 23.2 Å². The second-order valence-electron chi connectivity index (χ2n) is 6.15. The van der Waals surface area contributed by atoms with Gasteiger partial charge in [0.2, 0.25) is 5.91 Å². The van der Waals surface area contributed by atoms with Crippen molar-refractivity contribution in [2.24, 2.45) is 0 Å². The van der Waals surface area contributed by atoms with Crippen LogP contribution in [0.15, 0.2) is 82.6 Å². The number of hydrogen-bond donors (Lipinski definition) is 1. The summed E-state index contributed by atoms with van der Waals surface area (Å²) in [6.45, 7) is -0.472. The molecule has 3 aromatic carbocycles. The van der Waals surface area contributed by atoms with Crippen LogP contribution >= 0.6 is 35.0 Å². The Kier molecular flexibility index (Phi) is 7.31. The van der Waals surface area contributed by atoms with Gasteiger partial charge in [0, 0.05) is 4.90 Å². The van der Waals surface area contributed by atoms with E-state index in [-0.39, 0.29) is 20.6 Å². The van der Waals surface area contributed by atoms with Gasteiger partial charge >= 0.3 is 0 Å². The van der Waals surface area contributed by atoms with Crippen LogP contribution in [0.25, 0.3) is 0 Å². The van der Waals surface area contributed by atoms with E-state index in [0.29, 0.717) is 5.69 Å². The van der Waals surface area contributed by atoms with Crippen molar-refractivity contribution >= 4 is 62.3 Å². The van der Waals surface area contributed by atoms with Gasteiger partial charge in [-0.25, -0.2) is 8.42 Å². The molecule has 3 rings (SSSR count). The molecule has 0 saturated carbocycles. The number of para-hydroxylation sites is 1. The number of anilines is 2. The number of hydrogen-bond acceptors (Lipinski definition) is 4. The van der Waals surface area contributed by atoms with Gasteiger partial charge in [-0.15, -0.1) is 11.8 Å². The first-order valence-electron chi connectivity index (χ1n) is 8.79. The molecule has 1 N–H and O–H groups in total. The van der Waals surface area contributed by atoms with Crippen LogP contribution in [0.2, 0.25) is 10.0 Å². The molecule has 5 nitrogen and oxygen atoms in total. The molecule has 30 heavy (non-hydrogen) atoms. The van der Waals surface area contributed by atoms with Gasteiger partial charge in [-0.3, -0.25) is 9.10 Å². The highest BCUT2D eigenvalue weighted by Gasteiger charge is 2.29. The maximum atomic E-state index is 13.3. The molecule has 0 radical (unpaired) electrons. The number of benzene rings is 3. The molecule has 0 aliphatic carbocycles. The molecule has 0 heterocycles. The lowest BCUT2D eigenvalue weighted by molar-refractivity contribution is -0.114. The Morgan fingerprint density at radius 3 is 2.33 bits per heavy atom. The molecule has 0 aliphatic heterocycles. The average molecular weight is 481 g/mol. The van der Waals surface area contributed by atoms with E-state index >= 15 is 0 Å². The molecule has 0 fully saturated rings. The fraction of sp³-hybridized carbons (Fsp3) is 0.0952. The van der Waals surface area contributed by atoms with Gasteiger partial charge in [-0.2, -0.15) is 0 Å². The molecule has 0 saturated heterocycles. The molecule has 0 spiro atoms. The summed E-state index contributed by atoms with van der Waals surface area (Å²) in [6, 6.07) is 19.8. The zero-order valence-corrected chi connectivity index (χ0v) is 19.0. The summed E-state index contributed by atoms with van der Waals surface area (Å²) in [6.07, 6.45) is 1.89. The lowest BCUT2D eigenvalue weighted by atomic mass is 10.3. The smallest absolute Gasteiger partial charge is 0.264 e. The summed E-state index contributed by atoms with van der Waals surface area (Å²) >= 11 is 13.9. The Morgan fingerprint density at radius 1 is 0.967 bits per heavy atom. The topological polar surface area (TPSA) is 66.5 Å². The standard InChI is InChI=1S/C21H18Cl2N2O3S2/c1-29-19-13-6-5-11-17(19)24-20(26)14-25(18-12-7-10-16(22)21(18)23)30(27,28)15-8-3-2-4-9-15/h2-13H,14H2,1H3,(H,24,26). The van der Waals surface area contributed by atoms with Crippen molar-refractivity contribution in [3.8, 4) is 0 Å². The van der Waals surface area contributed by atoms with Gasteiger partial charge < -0.3 is 5.32 Å². The zero-order valence-electron chi connectivity index (χ0n) is 15.9. The lowest BCUT2D eigenvalue weighted by Crippen LogP contribution is -2.38. The second-order valence-corrected chi connectivity index (χ2v) is 9.64. The van der Waals surface area contributed by atoms with E-state index in [1.54, 1.807) is 42.5 Å². The third-order valence-electron chi connectivity index (χ3n) is 4.20. The van der Waals surface area contributed by atoms with Gasteiger partial charge in [-0.1, -0.05) is 59.6 Å². The van der Waals surface area contributed by atoms with Crippen molar-refractivity contribution in [2.75, 3.05) is 22.4 Å². The third kappa shape index (κ3) is 4.92. The van der Waals surface area contributed by atoms with Crippen LogP contribution in [0, 0.1) is 0 Å². The fourth-order valence-electron chi connectivity index (χ4n) is 2.77. The molecule has 9 heteroatoms. The lowest BCUT2D eigenvalue weighted by Gasteiger charge is -2.25. The Bertz CT molecular complexity index is 1160. The summed E-state index contributed by atoms with van der Waals surface area (Å²) in [5.41, 5.74) is 0.727. The highest BCUT2D eigenvalue weighted by Crippen LogP contribution is 2.35. The van der Waals surface area contributed by atoms with Crippen LogP contribution in [0.4, 0.5) is 11.4 Å². The average Bonchev–Trinajstić information content (AvgIpc) is 2.75. The highest BCUT2D eigenvalue weighted by atomic mass is 35.5. The number of amides is 1. The van der Waals surface area contributed by atoms with Gasteiger partial charge in [0.1, 0.15) is 6.54 Å². The number of nitrogens with one attached hydrogen (secondary N) is 1. The summed E-state index contributed by atoms with van der Waals surface area (Å²) in [7, 11) is -4.07. The minimum absolute atomic E-state index is 0.0401. The Morgan fingerprint density at radius 2 is 1.63 bits per heavy atom. The van der Waals surface area contributed by atoms with Crippen molar-refractivity contribution in [3.05, 3.63) is 82.8 Å². The number of carbonyl (C=O) groups is 1. The van der Waals surface area contributed by atoms with Gasteiger partial charge in [0.25, 0.3) is 10.0 Å². The largest absolute Gasteiger partial charge is 0.323 e. The first kappa shape index (κ1) is 22.5. The quantitative estimate of drug-likeness (QED) is 0.450. The van der Waals surface area contributed by atoms with Crippen molar-refractivity contribution in [3.63, 3.8) is 0 Å². The van der Waals surface area contributed by atoms with Crippen LogP contribution in [-0.4, -0.2) is 27.1 Å². The minimum Gasteiger partial charge on any atom is -0.323 e. The predicted molar refractivity (Wildman–Crippen MR) is 124 cm³/mol. The van der Waals surface area contributed by atoms with Crippen LogP contribution in [0.3, 0.4) is 0 Å². The number of sulfonamides is 1. The summed E-state index contributed by atoms with van der Waals surface area (Å²) in [5.74, 6) is -0.507. The normalized spacial score (nSPS) is 11.2. The van der Waals surface area contributed by atoms with Crippen molar-refractivity contribution in [1.82, 2.24) is 0 Å². The molecule has 0 unspecified atom stereocenters. The van der Waals surface area contributed by atoms with Gasteiger partial charge in [0.05, 0.1) is 26.3 Å². The van der Waals surface area contributed by atoms with Crippen LogP contribution in [-0.2, 0) is 14.8 Å². The van der Waals surface area contributed by atoms with E-state index in [9.17, 15) is 13.2 Å². The van der Waals surface area contributed by atoms with Crippen molar-refractivity contribution < 1.29 is 13.2 Å². The fourth-order valence-corrected chi connectivity index (χ4v) is 5.23. The summed E-state index contributed by atoms with van der Waals surface area (Å²) in [4.78, 5) is 13.7. The molecular formula is C21H18Cl2N2O3S2. The van der Waals surface area contributed by atoms with E-state index in [1.165, 1.54) is 30.0 Å². The number of thioether (sulfide) groups is 1. The highest BCUT2D eigenvalue weighted by molar-refractivity contribution is 7.98. The molecule has 1 amide bonds. The maximum Gasteiger partial charge on any atom is 0.264 e. The minimum atomic E-state index is -4.07. The summed E-state index contributed by atoms with van der Waals surface area (Å²) < 4.78 is 27.7. The molecule has 0 aromatic heterocycles. The first-order valence-corrected chi connectivity index (χ1v) is 12.2. The zero-order chi connectivity index (χ0) is 21.7. The van der Waals surface area contributed by atoms with E-state index in [0.717, 1.165) is 9.20 Å². The maximum absolute atomic E-state index is 13.3. The van der Waals surface area contributed by atoms with Crippen molar-refractivity contribution in [1.29, 1.82) is 0 Å². The van der Waals surface area contributed by atoms with E-state index in [2.05, 4.69) is 5.32 Å². The Balaban J connectivity index is 2.00. The molecule has 0 aliphatic rings. The van der Waals surface area contributed by atoms with Crippen LogP contribution in [0.5, 0.6) is 0 Å². The van der Waals surface area contributed by atoms with Crippen LogP contribution < -0.4 is 9.62 Å². The monoisotopic (exact) mass is 480 g/mol. The van der Waals surface area contributed by atoms with Gasteiger partial charge in [0.15, 0.2) is 0 Å². The number of carbonyl (C=O) groups excluding carboxylic acids is 1. The first-order chi connectivity index (χ1) is 14.3. The number of nitrogens with zero attached hydrogens (tertiary/aromatic N) is 1. The van der Waals surface area contributed by atoms with Crippen molar-refractivity contribution in [2.45, 2.75) is 9.79 Å². The molecule has 156 valence electrons. The van der Waals surface area contributed by atoms with E-state index in [1.807, 2.05) is 18.4 Å². The second kappa shape index (κ2) is 9.75. The Hall–Kier alpha value is -2.19.